The van der Waals surface area contributed by atoms with Crippen molar-refractivity contribution in [3.8, 4) is 0 Å². The molecule has 0 bridgehead atoms. The standard InChI is InChI=1S/C16H15FN2O4/c1-2-23-15(20)12-8-19(16(21)22)6-5-10-11-7-9(17)3-4-13(11)18-14(10)12/h3-4,7-8,18H,2,5-6H2,1H3,(H,21,22). The summed E-state index contributed by atoms with van der Waals surface area (Å²) in [5.41, 5.74) is 2.00. The summed E-state index contributed by atoms with van der Waals surface area (Å²) in [6, 6.07) is 4.30. The van der Waals surface area contributed by atoms with Gasteiger partial charge in [0, 0.05) is 23.6 Å². The number of carbonyl (C=O) groups excluding carboxylic acids is 1. The maximum atomic E-state index is 13.5. The predicted octanol–water partition coefficient (Wildman–Crippen LogP) is 2.75. The van der Waals surface area contributed by atoms with E-state index in [1.165, 1.54) is 18.3 Å². The molecule has 0 fully saturated rings. The van der Waals surface area contributed by atoms with Crippen LogP contribution in [0.15, 0.2) is 24.4 Å². The molecule has 2 aromatic rings. The van der Waals surface area contributed by atoms with Crippen LogP contribution < -0.4 is 0 Å². The Morgan fingerprint density at radius 1 is 1.43 bits per heavy atom. The fourth-order valence-corrected chi connectivity index (χ4v) is 2.74. The molecule has 7 heteroatoms. The van der Waals surface area contributed by atoms with Crippen molar-refractivity contribution in [1.29, 1.82) is 0 Å². The number of esters is 1. The molecule has 0 saturated heterocycles. The molecule has 1 aliphatic rings. The van der Waals surface area contributed by atoms with Gasteiger partial charge in [0.25, 0.3) is 0 Å². The SMILES string of the molecule is CCOC(=O)C1=CN(C(=O)O)CCc2c1[nH]c1ccc(F)cc21. The van der Waals surface area contributed by atoms with Crippen molar-refractivity contribution in [2.45, 2.75) is 13.3 Å². The summed E-state index contributed by atoms with van der Waals surface area (Å²) in [5.74, 6) is -1.01. The van der Waals surface area contributed by atoms with Gasteiger partial charge in [0.1, 0.15) is 5.82 Å². The Morgan fingerprint density at radius 3 is 2.91 bits per heavy atom. The molecular formula is C16H15FN2O4. The Hall–Kier alpha value is -2.83. The third-order valence-corrected chi connectivity index (χ3v) is 3.77. The van der Waals surface area contributed by atoms with E-state index >= 15 is 0 Å². The van der Waals surface area contributed by atoms with E-state index in [2.05, 4.69) is 4.98 Å². The third-order valence-electron chi connectivity index (χ3n) is 3.77. The van der Waals surface area contributed by atoms with Crippen LogP contribution in [0.5, 0.6) is 0 Å². The van der Waals surface area contributed by atoms with Crippen LogP contribution in [0.2, 0.25) is 0 Å². The number of rotatable bonds is 2. The molecule has 1 aromatic heterocycles. The Kier molecular flexibility index (Phi) is 3.77. The number of halogens is 1. The number of hydrogen-bond acceptors (Lipinski definition) is 3. The van der Waals surface area contributed by atoms with E-state index in [9.17, 15) is 19.1 Å². The van der Waals surface area contributed by atoms with Crippen molar-refractivity contribution >= 4 is 28.5 Å². The molecule has 1 aromatic carbocycles. The number of benzene rings is 1. The molecule has 23 heavy (non-hydrogen) atoms. The molecule has 0 radical (unpaired) electrons. The Balaban J connectivity index is 2.19. The minimum atomic E-state index is -1.16. The van der Waals surface area contributed by atoms with Crippen LogP contribution in [-0.2, 0) is 16.0 Å². The Morgan fingerprint density at radius 2 is 2.22 bits per heavy atom. The zero-order valence-corrected chi connectivity index (χ0v) is 12.4. The van der Waals surface area contributed by atoms with Crippen LogP contribution in [0.3, 0.4) is 0 Å². The number of H-pyrrole nitrogens is 1. The Labute approximate surface area is 131 Å². The van der Waals surface area contributed by atoms with Gasteiger partial charge in [-0.2, -0.15) is 0 Å². The van der Waals surface area contributed by atoms with Crippen molar-refractivity contribution in [2.75, 3.05) is 13.2 Å². The highest BCUT2D eigenvalue weighted by Crippen LogP contribution is 2.31. The Bertz CT molecular complexity index is 825. The fraction of sp³-hybridized carbons (Fsp3) is 0.250. The minimum Gasteiger partial charge on any atom is -0.465 e. The maximum absolute atomic E-state index is 13.5. The van der Waals surface area contributed by atoms with Gasteiger partial charge in [-0.1, -0.05) is 0 Å². The molecule has 0 unspecified atom stereocenters. The first-order chi connectivity index (χ1) is 11.0. The number of ether oxygens (including phenoxy) is 1. The van der Waals surface area contributed by atoms with Crippen molar-refractivity contribution in [3.63, 3.8) is 0 Å². The van der Waals surface area contributed by atoms with Crippen molar-refractivity contribution in [2.24, 2.45) is 0 Å². The maximum Gasteiger partial charge on any atom is 0.411 e. The summed E-state index contributed by atoms with van der Waals surface area (Å²) in [6.07, 6.45) is 0.468. The van der Waals surface area contributed by atoms with E-state index in [4.69, 9.17) is 4.74 Å². The molecule has 120 valence electrons. The zero-order chi connectivity index (χ0) is 16.6. The lowest BCUT2D eigenvalue weighted by atomic mass is 10.0. The van der Waals surface area contributed by atoms with Crippen LogP contribution >= 0.6 is 0 Å². The lowest BCUT2D eigenvalue weighted by Gasteiger charge is -2.12. The first-order valence-corrected chi connectivity index (χ1v) is 7.20. The molecule has 0 spiro atoms. The molecule has 1 aliphatic heterocycles. The quantitative estimate of drug-likeness (QED) is 0.834. The second-order valence-electron chi connectivity index (χ2n) is 5.16. The highest BCUT2D eigenvalue weighted by molar-refractivity contribution is 6.18. The largest absolute Gasteiger partial charge is 0.465 e. The number of carboxylic acid groups (broad SMARTS) is 1. The summed E-state index contributed by atoms with van der Waals surface area (Å²) in [6.45, 7) is 2.02. The number of carbonyl (C=O) groups is 2. The summed E-state index contributed by atoms with van der Waals surface area (Å²) < 4.78 is 18.6. The van der Waals surface area contributed by atoms with E-state index in [-0.39, 0.29) is 24.5 Å². The number of aromatic nitrogens is 1. The van der Waals surface area contributed by atoms with Gasteiger partial charge in [-0.25, -0.2) is 14.0 Å². The van der Waals surface area contributed by atoms with Gasteiger partial charge in [0.15, 0.2) is 0 Å². The lowest BCUT2D eigenvalue weighted by molar-refractivity contribution is -0.136. The van der Waals surface area contributed by atoms with Crippen molar-refractivity contribution < 1.29 is 23.8 Å². The molecular weight excluding hydrogens is 303 g/mol. The van der Waals surface area contributed by atoms with E-state index in [1.54, 1.807) is 13.0 Å². The smallest absolute Gasteiger partial charge is 0.411 e. The van der Waals surface area contributed by atoms with E-state index < -0.39 is 12.1 Å². The van der Waals surface area contributed by atoms with Gasteiger partial charge < -0.3 is 14.8 Å². The summed E-state index contributed by atoms with van der Waals surface area (Å²) in [7, 11) is 0. The number of nitrogens with one attached hydrogen (secondary N) is 1. The van der Waals surface area contributed by atoms with E-state index in [1.807, 2.05) is 0 Å². The van der Waals surface area contributed by atoms with Gasteiger partial charge in [0.05, 0.1) is 17.9 Å². The molecule has 0 atom stereocenters. The summed E-state index contributed by atoms with van der Waals surface area (Å²) >= 11 is 0. The molecule has 6 nitrogen and oxygen atoms in total. The number of nitrogens with zero attached hydrogens (tertiary/aromatic N) is 1. The van der Waals surface area contributed by atoms with Crippen LogP contribution in [-0.4, -0.2) is 40.2 Å². The normalized spacial score (nSPS) is 14.2. The molecule has 2 heterocycles. The average Bonchev–Trinajstić information content (AvgIpc) is 2.73. The second kappa shape index (κ2) is 5.75. The zero-order valence-electron chi connectivity index (χ0n) is 12.4. The predicted molar refractivity (Wildman–Crippen MR) is 81.3 cm³/mol. The van der Waals surface area contributed by atoms with E-state index in [0.717, 1.165) is 4.90 Å². The number of fused-ring (bicyclic) bond motifs is 3. The number of amides is 1. The van der Waals surface area contributed by atoms with Crippen molar-refractivity contribution in [3.05, 3.63) is 41.5 Å². The highest BCUT2D eigenvalue weighted by Gasteiger charge is 2.27. The number of aromatic amines is 1. The van der Waals surface area contributed by atoms with Gasteiger partial charge in [-0.15, -0.1) is 0 Å². The second-order valence-corrected chi connectivity index (χ2v) is 5.16. The van der Waals surface area contributed by atoms with Crippen LogP contribution in [0.25, 0.3) is 16.5 Å². The average molecular weight is 318 g/mol. The lowest BCUT2D eigenvalue weighted by Crippen LogP contribution is -2.26. The van der Waals surface area contributed by atoms with Crippen LogP contribution in [0.1, 0.15) is 18.2 Å². The monoisotopic (exact) mass is 318 g/mol. The topological polar surface area (TPSA) is 82.6 Å². The molecule has 2 N–H and O–H groups in total. The van der Waals surface area contributed by atoms with Gasteiger partial charge in [0.2, 0.25) is 0 Å². The molecule has 0 saturated carbocycles. The highest BCUT2D eigenvalue weighted by atomic mass is 19.1. The minimum absolute atomic E-state index is 0.123. The molecule has 0 aliphatic carbocycles. The molecule has 3 rings (SSSR count). The van der Waals surface area contributed by atoms with Crippen LogP contribution in [0, 0.1) is 5.82 Å². The van der Waals surface area contributed by atoms with Gasteiger partial charge >= 0.3 is 12.1 Å². The fourth-order valence-electron chi connectivity index (χ4n) is 2.74. The first-order valence-electron chi connectivity index (χ1n) is 7.20. The van der Waals surface area contributed by atoms with Gasteiger partial charge in [-0.3, -0.25) is 4.90 Å². The van der Waals surface area contributed by atoms with Crippen molar-refractivity contribution in [1.82, 2.24) is 9.88 Å². The van der Waals surface area contributed by atoms with Crippen LogP contribution in [0.4, 0.5) is 9.18 Å². The summed E-state index contributed by atoms with van der Waals surface area (Å²) in [4.78, 5) is 27.6. The third kappa shape index (κ3) is 2.65. The van der Waals surface area contributed by atoms with E-state index in [0.29, 0.717) is 28.6 Å². The number of hydrogen-bond donors (Lipinski definition) is 2. The molecule has 1 amide bonds. The first kappa shape index (κ1) is 15.1. The summed E-state index contributed by atoms with van der Waals surface area (Å²) in [5, 5.41) is 9.87. The van der Waals surface area contributed by atoms with Gasteiger partial charge in [-0.05, 0) is 37.1 Å².